The number of nitrogens with zero attached hydrogens (tertiary/aromatic N) is 5. The Hall–Kier alpha value is -3.20. The number of rotatable bonds is 4. The van der Waals surface area contributed by atoms with Crippen LogP contribution in [0.5, 0.6) is 0 Å². The number of hydrogen-bond acceptors (Lipinski definition) is 7. The monoisotopic (exact) mass is 448 g/mol. The molecule has 4 N–H and O–H groups in total. The minimum Gasteiger partial charge on any atom is -0.371 e. The van der Waals surface area contributed by atoms with Crippen LogP contribution in [-0.2, 0) is 4.79 Å². The number of H-pyrrole nitrogens is 1. The van der Waals surface area contributed by atoms with Crippen molar-refractivity contribution in [2.75, 3.05) is 41.3 Å². The summed E-state index contributed by atoms with van der Waals surface area (Å²) in [6.07, 6.45) is 6.56. The summed E-state index contributed by atoms with van der Waals surface area (Å²) in [5.74, 6) is 0.672. The Morgan fingerprint density at radius 2 is 1.76 bits per heavy atom. The van der Waals surface area contributed by atoms with Gasteiger partial charge in [0.15, 0.2) is 11.5 Å². The predicted molar refractivity (Wildman–Crippen MR) is 130 cm³/mol. The van der Waals surface area contributed by atoms with Gasteiger partial charge >= 0.3 is 0 Å². The maximum Gasteiger partial charge on any atom is 0.244 e. The van der Waals surface area contributed by atoms with Gasteiger partial charge in [-0.25, -0.2) is 15.0 Å². The third-order valence-corrected chi connectivity index (χ3v) is 7.20. The van der Waals surface area contributed by atoms with Crippen LogP contribution >= 0.6 is 0 Å². The summed E-state index contributed by atoms with van der Waals surface area (Å²) in [5, 5.41) is 3.08. The number of nitrogens with two attached hydrogens (primary N) is 1. The number of aromatic amines is 1. The first-order valence-electron chi connectivity index (χ1n) is 11.7. The number of piperidine rings is 2. The van der Waals surface area contributed by atoms with Crippen LogP contribution in [0, 0.1) is 5.41 Å². The quantitative estimate of drug-likeness (QED) is 0.562. The van der Waals surface area contributed by atoms with E-state index >= 15 is 0 Å². The van der Waals surface area contributed by atoms with Gasteiger partial charge in [-0.1, -0.05) is 19.9 Å². The van der Waals surface area contributed by atoms with Crippen molar-refractivity contribution < 1.29 is 4.79 Å². The number of benzene rings is 1. The fraction of sp³-hybridized carbons (Fsp3) is 0.500. The van der Waals surface area contributed by atoms with Crippen molar-refractivity contribution in [3.63, 3.8) is 0 Å². The summed E-state index contributed by atoms with van der Waals surface area (Å²) in [5.41, 5.74) is 9.47. The number of carbonyl (C=O) groups excluding carboxylic acids is 1. The second kappa shape index (κ2) is 8.30. The largest absolute Gasteiger partial charge is 0.371 e. The van der Waals surface area contributed by atoms with Crippen molar-refractivity contribution in [2.24, 2.45) is 11.1 Å². The van der Waals surface area contributed by atoms with E-state index in [4.69, 9.17) is 5.73 Å². The van der Waals surface area contributed by atoms with Crippen molar-refractivity contribution in [2.45, 2.75) is 45.1 Å². The van der Waals surface area contributed by atoms with Gasteiger partial charge in [0.05, 0.1) is 11.9 Å². The fourth-order valence-electron chi connectivity index (χ4n) is 4.74. The first kappa shape index (κ1) is 21.6. The molecule has 0 saturated carbocycles. The molecule has 2 aromatic heterocycles. The van der Waals surface area contributed by atoms with Gasteiger partial charge < -0.3 is 25.8 Å². The maximum absolute atomic E-state index is 13.2. The van der Waals surface area contributed by atoms with E-state index in [0.29, 0.717) is 37.0 Å². The van der Waals surface area contributed by atoms with Gasteiger partial charge in [-0.2, -0.15) is 0 Å². The van der Waals surface area contributed by atoms with Crippen LogP contribution in [0.25, 0.3) is 11.2 Å². The molecule has 0 radical (unpaired) electrons. The third-order valence-electron chi connectivity index (χ3n) is 7.20. The Morgan fingerprint density at radius 3 is 2.52 bits per heavy atom. The van der Waals surface area contributed by atoms with Gasteiger partial charge in [-0.3, -0.25) is 4.79 Å². The summed E-state index contributed by atoms with van der Waals surface area (Å²) in [6.45, 7) is 8.00. The molecule has 1 aromatic carbocycles. The van der Waals surface area contributed by atoms with Crippen LogP contribution in [0.3, 0.4) is 0 Å². The van der Waals surface area contributed by atoms with Crippen molar-refractivity contribution in [1.82, 2.24) is 19.9 Å². The minimum atomic E-state index is -0.915. The highest BCUT2D eigenvalue weighted by Gasteiger charge is 2.38. The van der Waals surface area contributed by atoms with E-state index in [1.165, 1.54) is 19.2 Å². The van der Waals surface area contributed by atoms with Gasteiger partial charge in [0.25, 0.3) is 0 Å². The molecule has 9 heteroatoms. The molecule has 174 valence electrons. The molecule has 33 heavy (non-hydrogen) atoms. The zero-order chi connectivity index (χ0) is 23.1. The van der Waals surface area contributed by atoms with Crippen molar-refractivity contribution >= 4 is 34.3 Å². The Labute approximate surface area is 193 Å². The standard InChI is InChI=1S/C24H32N8O/c1-23(2)6-10-31(11-7-23)18-5-3-4-17(14-18)30-22(33)24(25)8-12-32(13-9-24)21-19-20(27-15-26-19)28-16-29-21/h3-5,14-16H,6-13,25H2,1-2H3,(H,30,33)(H,26,27,28,29). The lowest BCUT2D eigenvalue weighted by atomic mass is 9.82. The fourth-order valence-corrected chi connectivity index (χ4v) is 4.74. The van der Waals surface area contributed by atoms with E-state index in [0.717, 1.165) is 35.8 Å². The van der Waals surface area contributed by atoms with Gasteiger partial charge in [0.2, 0.25) is 5.91 Å². The maximum atomic E-state index is 13.2. The van der Waals surface area contributed by atoms with E-state index < -0.39 is 5.54 Å². The molecular weight excluding hydrogens is 416 g/mol. The van der Waals surface area contributed by atoms with Gasteiger partial charge in [-0.15, -0.1) is 0 Å². The highest BCUT2D eigenvalue weighted by molar-refractivity contribution is 5.98. The molecule has 4 heterocycles. The summed E-state index contributed by atoms with van der Waals surface area (Å²) in [4.78, 5) is 33.6. The Morgan fingerprint density at radius 1 is 1.03 bits per heavy atom. The molecule has 2 fully saturated rings. The molecule has 2 aliphatic rings. The predicted octanol–water partition coefficient (Wildman–Crippen LogP) is 2.92. The minimum absolute atomic E-state index is 0.131. The number of anilines is 3. The first-order chi connectivity index (χ1) is 15.8. The van der Waals surface area contributed by atoms with Crippen LogP contribution in [0.1, 0.15) is 39.5 Å². The van der Waals surface area contributed by atoms with E-state index in [-0.39, 0.29) is 5.91 Å². The number of aromatic nitrogens is 4. The topological polar surface area (TPSA) is 116 Å². The van der Waals surface area contributed by atoms with E-state index in [1.54, 1.807) is 6.33 Å². The molecule has 1 amide bonds. The zero-order valence-corrected chi connectivity index (χ0v) is 19.3. The Balaban J connectivity index is 1.23. The summed E-state index contributed by atoms with van der Waals surface area (Å²) in [6, 6.07) is 8.11. The number of imidazole rings is 1. The smallest absolute Gasteiger partial charge is 0.244 e. The lowest BCUT2D eigenvalue weighted by Crippen LogP contribution is -2.58. The Kier molecular flexibility index (Phi) is 5.44. The van der Waals surface area contributed by atoms with Gasteiger partial charge in [0, 0.05) is 37.6 Å². The molecule has 2 aliphatic heterocycles. The molecule has 0 aliphatic carbocycles. The molecule has 0 bridgehead atoms. The number of nitrogens with one attached hydrogen (secondary N) is 2. The molecule has 5 rings (SSSR count). The van der Waals surface area contributed by atoms with Crippen molar-refractivity contribution in [3.05, 3.63) is 36.9 Å². The second-order valence-electron chi connectivity index (χ2n) is 10.1. The lowest BCUT2D eigenvalue weighted by Gasteiger charge is -2.39. The Bertz CT molecular complexity index is 1140. The molecule has 9 nitrogen and oxygen atoms in total. The highest BCUT2D eigenvalue weighted by atomic mass is 16.2. The van der Waals surface area contributed by atoms with Gasteiger partial charge in [0.1, 0.15) is 11.8 Å². The molecule has 3 aromatic rings. The summed E-state index contributed by atoms with van der Waals surface area (Å²) in [7, 11) is 0. The van der Waals surface area contributed by atoms with Crippen LogP contribution in [0.2, 0.25) is 0 Å². The number of fused-ring (bicyclic) bond motifs is 1. The number of carbonyl (C=O) groups is 1. The van der Waals surface area contributed by atoms with E-state index in [9.17, 15) is 4.79 Å². The second-order valence-corrected chi connectivity index (χ2v) is 10.1. The molecule has 0 atom stereocenters. The summed E-state index contributed by atoms with van der Waals surface area (Å²) < 4.78 is 0. The van der Waals surface area contributed by atoms with Crippen LogP contribution in [0.4, 0.5) is 17.2 Å². The first-order valence-corrected chi connectivity index (χ1v) is 11.7. The summed E-state index contributed by atoms with van der Waals surface area (Å²) >= 11 is 0. The molecule has 2 saturated heterocycles. The third kappa shape index (κ3) is 4.37. The van der Waals surface area contributed by atoms with Crippen LogP contribution < -0.4 is 20.9 Å². The lowest BCUT2D eigenvalue weighted by molar-refractivity contribution is -0.121. The number of hydrogen-bond donors (Lipinski definition) is 3. The SMILES string of the molecule is CC1(C)CCN(c2cccc(NC(=O)C3(N)CCN(c4ncnc5nc[nH]c45)CC3)c2)CC1. The number of amides is 1. The van der Waals surface area contributed by atoms with Crippen molar-refractivity contribution in [1.29, 1.82) is 0 Å². The molecule has 0 spiro atoms. The van der Waals surface area contributed by atoms with Crippen LogP contribution in [-0.4, -0.2) is 57.6 Å². The highest BCUT2D eigenvalue weighted by Crippen LogP contribution is 2.33. The average Bonchev–Trinajstić information content (AvgIpc) is 3.29. The van der Waals surface area contributed by atoms with Gasteiger partial charge in [-0.05, 0) is 49.3 Å². The normalized spacial score (nSPS) is 20.1. The van der Waals surface area contributed by atoms with Crippen molar-refractivity contribution in [3.8, 4) is 0 Å². The van der Waals surface area contributed by atoms with E-state index in [1.807, 2.05) is 12.1 Å². The van der Waals surface area contributed by atoms with Crippen LogP contribution in [0.15, 0.2) is 36.9 Å². The van der Waals surface area contributed by atoms with E-state index in [2.05, 4.69) is 61.0 Å². The zero-order valence-electron chi connectivity index (χ0n) is 19.3. The molecule has 0 unspecified atom stereocenters. The molecular formula is C24H32N8O. The average molecular weight is 449 g/mol.